The van der Waals surface area contributed by atoms with E-state index in [2.05, 4.69) is 10.6 Å². The Labute approximate surface area is 213 Å². The zero-order chi connectivity index (χ0) is 25.1. The lowest BCUT2D eigenvalue weighted by molar-refractivity contribution is -0.118. The van der Waals surface area contributed by atoms with Crippen LogP contribution >= 0.6 is 23.2 Å². The van der Waals surface area contributed by atoms with Gasteiger partial charge in [0.2, 0.25) is 11.8 Å². The van der Waals surface area contributed by atoms with Crippen LogP contribution in [-0.2, 0) is 22.7 Å². The standard InChI is InChI=1S/C26H24Cl2N4O3/c1-15(33)32-23-8-5-18(26(35)30-14-17-4-2-3-16(9-17)13-29)10-22(23)31-25(34)12-24(32)20-7-6-19(27)11-21(20)28/h2-11,24H,12-14,29H2,1H3,(H,30,35)(H,31,34). The second-order valence-electron chi connectivity index (χ2n) is 8.26. The summed E-state index contributed by atoms with van der Waals surface area (Å²) in [4.78, 5) is 39.9. The van der Waals surface area contributed by atoms with Gasteiger partial charge in [0.15, 0.2) is 0 Å². The van der Waals surface area contributed by atoms with Gasteiger partial charge in [0, 0.05) is 35.6 Å². The summed E-state index contributed by atoms with van der Waals surface area (Å²) >= 11 is 12.5. The van der Waals surface area contributed by atoms with Gasteiger partial charge in [-0.2, -0.15) is 0 Å². The summed E-state index contributed by atoms with van der Waals surface area (Å²) in [7, 11) is 0. The van der Waals surface area contributed by atoms with E-state index in [9.17, 15) is 14.4 Å². The molecule has 35 heavy (non-hydrogen) atoms. The van der Waals surface area contributed by atoms with Crippen molar-refractivity contribution in [3.05, 3.63) is 93.0 Å². The summed E-state index contributed by atoms with van der Waals surface area (Å²) < 4.78 is 0. The van der Waals surface area contributed by atoms with E-state index in [1.54, 1.807) is 36.4 Å². The number of hydrogen-bond acceptors (Lipinski definition) is 4. The van der Waals surface area contributed by atoms with Gasteiger partial charge in [-0.1, -0.05) is 53.5 Å². The van der Waals surface area contributed by atoms with Crippen LogP contribution in [0.4, 0.5) is 11.4 Å². The number of carbonyl (C=O) groups is 3. The van der Waals surface area contributed by atoms with Gasteiger partial charge in [-0.05, 0) is 47.0 Å². The topological polar surface area (TPSA) is 105 Å². The number of rotatable bonds is 5. The van der Waals surface area contributed by atoms with Crippen LogP contribution in [-0.4, -0.2) is 17.7 Å². The molecule has 180 valence electrons. The monoisotopic (exact) mass is 510 g/mol. The number of fused-ring (bicyclic) bond motifs is 1. The molecule has 0 fully saturated rings. The summed E-state index contributed by atoms with van der Waals surface area (Å²) in [6, 6.07) is 16.8. The van der Waals surface area contributed by atoms with Crippen molar-refractivity contribution >= 4 is 52.3 Å². The molecular formula is C26H24Cl2N4O3. The highest BCUT2D eigenvalue weighted by Gasteiger charge is 2.33. The summed E-state index contributed by atoms with van der Waals surface area (Å²) in [5.74, 6) is -0.881. The van der Waals surface area contributed by atoms with Crippen molar-refractivity contribution in [3.63, 3.8) is 0 Å². The number of amides is 3. The van der Waals surface area contributed by atoms with E-state index in [0.29, 0.717) is 45.6 Å². The number of hydrogen-bond donors (Lipinski definition) is 3. The molecule has 1 aliphatic rings. The van der Waals surface area contributed by atoms with Crippen molar-refractivity contribution in [2.45, 2.75) is 32.5 Å². The highest BCUT2D eigenvalue weighted by molar-refractivity contribution is 6.35. The average molecular weight is 511 g/mol. The van der Waals surface area contributed by atoms with Crippen LogP contribution in [0.25, 0.3) is 0 Å². The second-order valence-corrected chi connectivity index (χ2v) is 9.11. The first-order valence-electron chi connectivity index (χ1n) is 11.0. The second kappa shape index (κ2) is 10.5. The number of halogens is 2. The lowest BCUT2D eigenvalue weighted by Gasteiger charge is -2.30. The molecule has 3 aromatic rings. The number of carbonyl (C=O) groups excluding carboxylic acids is 3. The molecule has 0 aliphatic carbocycles. The first-order valence-corrected chi connectivity index (χ1v) is 11.8. The minimum Gasteiger partial charge on any atom is -0.348 e. The van der Waals surface area contributed by atoms with E-state index >= 15 is 0 Å². The van der Waals surface area contributed by atoms with Crippen molar-refractivity contribution < 1.29 is 14.4 Å². The number of nitrogens with one attached hydrogen (secondary N) is 2. The molecule has 7 nitrogen and oxygen atoms in total. The van der Waals surface area contributed by atoms with Gasteiger partial charge in [0.25, 0.3) is 5.91 Å². The zero-order valence-electron chi connectivity index (χ0n) is 19.0. The minimum absolute atomic E-state index is 0.00533. The normalized spacial score (nSPS) is 15.1. The fraction of sp³-hybridized carbons (Fsp3) is 0.192. The highest BCUT2D eigenvalue weighted by Crippen LogP contribution is 2.41. The molecule has 4 N–H and O–H groups in total. The summed E-state index contributed by atoms with van der Waals surface area (Å²) in [5, 5.41) is 6.52. The summed E-state index contributed by atoms with van der Waals surface area (Å²) in [5.41, 5.74) is 9.40. The van der Waals surface area contributed by atoms with Gasteiger partial charge < -0.3 is 21.3 Å². The fourth-order valence-electron chi connectivity index (χ4n) is 4.18. The van der Waals surface area contributed by atoms with Gasteiger partial charge in [0.1, 0.15) is 0 Å². The van der Waals surface area contributed by atoms with Crippen LogP contribution in [0.5, 0.6) is 0 Å². The predicted molar refractivity (Wildman–Crippen MR) is 138 cm³/mol. The van der Waals surface area contributed by atoms with Crippen LogP contribution in [0.1, 0.15) is 46.4 Å². The molecule has 0 spiro atoms. The van der Waals surface area contributed by atoms with E-state index in [1.165, 1.54) is 11.8 Å². The molecule has 1 aliphatic heterocycles. The van der Waals surface area contributed by atoms with Crippen LogP contribution in [0, 0.1) is 0 Å². The molecule has 1 heterocycles. The van der Waals surface area contributed by atoms with Crippen molar-refractivity contribution in [1.29, 1.82) is 0 Å². The predicted octanol–water partition coefficient (Wildman–Crippen LogP) is 4.82. The quantitative estimate of drug-likeness (QED) is 0.457. The van der Waals surface area contributed by atoms with Gasteiger partial charge >= 0.3 is 0 Å². The SMILES string of the molecule is CC(=O)N1c2ccc(C(=O)NCc3cccc(CN)c3)cc2NC(=O)CC1c1ccc(Cl)cc1Cl. The Morgan fingerprint density at radius 1 is 1.09 bits per heavy atom. The van der Waals surface area contributed by atoms with Gasteiger partial charge in [-0.25, -0.2) is 0 Å². The zero-order valence-corrected chi connectivity index (χ0v) is 20.5. The van der Waals surface area contributed by atoms with E-state index in [-0.39, 0.29) is 24.1 Å². The third-order valence-corrected chi connectivity index (χ3v) is 6.39. The molecule has 0 aromatic heterocycles. The number of anilines is 2. The van der Waals surface area contributed by atoms with Gasteiger partial charge in [-0.15, -0.1) is 0 Å². The van der Waals surface area contributed by atoms with Crippen molar-refractivity contribution in [3.8, 4) is 0 Å². The number of nitrogens with two attached hydrogens (primary N) is 1. The lowest BCUT2D eigenvalue weighted by atomic mass is 10.0. The maximum absolute atomic E-state index is 12.8. The molecule has 0 radical (unpaired) electrons. The Morgan fingerprint density at radius 2 is 1.86 bits per heavy atom. The lowest BCUT2D eigenvalue weighted by Crippen LogP contribution is -2.33. The first kappa shape index (κ1) is 24.7. The van der Waals surface area contributed by atoms with Crippen LogP contribution in [0.2, 0.25) is 10.0 Å². The van der Waals surface area contributed by atoms with Gasteiger partial charge in [-0.3, -0.25) is 14.4 Å². The largest absolute Gasteiger partial charge is 0.348 e. The van der Waals surface area contributed by atoms with Crippen LogP contribution < -0.4 is 21.3 Å². The molecule has 1 atom stereocenters. The number of benzene rings is 3. The highest BCUT2D eigenvalue weighted by atomic mass is 35.5. The molecule has 1 unspecified atom stereocenters. The van der Waals surface area contributed by atoms with Crippen molar-refractivity contribution in [2.75, 3.05) is 10.2 Å². The molecule has 9 heteroatoms. The molecule has 0 bridgehead atoms. The third-order valence-electron chi connectivity index (χ3n) is 5.82. The Balaban J connectivity index is 1.63. The molecule has 3 aromatic carbocycles. The Kier molecular flexibility index (Phi) is 7.40. The molecule has 3 amide bonds. The molecular weight excluding hydrogens is 487 g/mol. The Morgan fingerprint density at radius 3 is 2.57 bits per heavy atom. The molecule has 0 saturated carbocycles. The Hall–Kier alpha value is -3.39. The maximum Gasteiger partial charge on any atom is 0.251 e. The van der Waals surface area contributed by atoms with E-state index < -0.39 is 6.04 Å². The van der Waals surface area contributed by atoms with Gasteiger partial charge in [0.05, 0.1) is 23.8 Å². The van der Waals surface area contributed by atoms with E-state index in [1.807, 2.05) is 24.3 Å². The Bertz CT molecular complexity index is 1310. The van der Waals surface area contributed by atoms with E-state index in [0.717, 1.165) is 11.1 Å². The van der Waals surface area contributed by atoms with E-state index in [4.69, 9.17) is 28.9 Å². The maximum atomic E-state index is 12.8. The first-order chi connectivity index (χ1) is 16.8. The minimum atomic E-state index is -0.631. The smallest absolute Gasteiger partial charge is 0.251 e. The van der Waals surface area contributed by atoms with Crippen LogP contribution in [0.3, 0.4) is 0 Å². The average Bonchev–Trinajstić information content (AvgIpc) is 2.97. The van der Waals surface area contributed by atoms with Crippen molar-refractivity contribution in [2.24, 2.45) is 5.73 Å². The van der Waals surface area contributed by atoms with Crippen LogP contribution in [0.15, 0.2) is 60.7 Å². The summed E-state index contributed by atoms with van der Waals surface area (Å²) in [6.45, 7) is 2.17. The summed E-state index contributed by atoms with van der Waals surface area (Å²) in [6.07, 6.45) is -0.00533. The molecule has 4 rings (SSSR count). The molecule has 0 saturated heterocycles. The number of nitrogens with zero attached hydrogens (tertiary/aromatic N) is 1. The van der Waals surface area contributed by atoms with Crippen molar-refractivity contribution in [1.82, 2.24) is 5.32 Å². The fourth-order valence-corrected chi connectivity index (χ4v) is 4.72. The third kappa shape index (κ3) is 5.48.